The summed E-state index contributed by atoms with van der Waals surface area (Å²) in [6.07, 6.45) is 4.87. The third-order valence-corrected chi connectivity index (χ3v) is 6.20. The van der Waals surface area contributed by atoms with Crippen molar-refractivity contribution in [2.45, 2.75) is 67.8 Å². The van der Waals surface area contributed by atoms with Gasteiger partial charge in [-0.3, -0.25) is 4.79 Å². The Kier molecular flexibility index (Phi) is 5.02. The van der Waals surface area contributed by atoms with Gasteiger partial charge in [-0.25, -0.2) is 0 Å². The third kappa shape index (κ3) is 3.95. The summed E-state index contributed by atoms with van der Waals surface area (Å²) in [6.45, 7) is 4.74. The van der Waals surface area contributed by atoms with E-state index < -0.39 is 0 Å². The van der Waals surface area contributed by atoms with Gasteiger partial charge in [0.05, 0.1) is 5.25 Å². The molecule has 138 valence electrons. The maximum Gasteiger partial charge on any atom is 0.233 e. The largest absolute Gasteiger partial charge is 0.355 e. The summed E-state index contributed by atoms with van der Waals surface area (Å²) < 4.78 is 2.30. The molecule has 1 heterocycles. The Morgan fingerprint density at radius 3 is 2.58 bits per heavy atom. The molecule has 0 saturated heterocycles. The van der Waals surface area contributed by atoms with Crippen molar-refractivity contribution < 1.29 is 4.79 Å². The van der Waals surface area contributed by atoms with Gasteiger partial charge < -0.3 is 9.88 Å². The smallest absolute Gasteiger partial charge is 0.233 e. The Labute approximate surface area is 159 Å². The van der Waals surface area contributed by atoms with Gasteiger partial charge in [0.1, 0.15) is 5.82 Å². The Morgan fingerprint density at radius 1 is 1.19 bits per heavy atom. The fourth-order valence-electron chi connectivity index (χ4n) is 3.17. The van der Waals surface area contributed by atoms with Crippen molar-refractivity contribution in [2.75, 3.05) is 6.54 Å². The Morgan fingerprint density at radius 2 is 1.92 bits per heavy atom. The van der Waals surface area contributed by atoms with E-state index in [1.807, 2.05) is 25.1 Å². The average molecular weight is 371 g/mol. The van der Waals surface area contributed by atoms with Crippen molar-refractivity contribution in [2.24, 2.45) is 0 Å². The molecule has 0 radical (unpaired) electrons. The molecular weight excluding hydrogens is 344 g/mol. The molecule has 0 spiro atoms. The summed E-state index contributed by atoms with van der Waals surface area (Å²) >= 11 is 1.54. The number of aromatic nitrogens is 3. The van der Waals surface area contributed by atoms with Gasteiger partial charge in [-0.15, -0.1) is 10.2 Å². The first-order valence-electron chi connectivity index (χ1n) is 9.57. The summed E-state index contributed by atoms with van der Waals surface area (Å²) in [6, 6.07) is 10.8. The summed E-state index contributed by atoms with van der Waals surface area (Å²) in [5.74, 6) is 2.10. The second kappa shape index (κ2) is 7.43. The van der Waals surface area contributed by atoms with E-state index in [1.54, 1.807) is 0 Å². The maximum absolute atomic E-state index is 12.5. The molecule has 6 heteroatoms. The molecule has 4 rings (SSSR count). The summed E-state index contributed by atoms with van der Waals surface area (Å²) in [7, 11) is 0. The van der Waals surface area contributed by atoms with Gasteiger partial charge >= 0.3 is 0 Å². The quantitative estimate of drug-likeness (QED) is 0.716. The first-order chi connectivity index (χ1) is 12.6. The highest BCUT2D eigenvalue weighted by Gasteiger charge is 2.37. The van der Waals surface area contributed by atoms with Gasteiger partial charge in [0.2, 0.25) is 5.91 Å². The zero-order valence-electron chi connectivity index (χ0n) is 15.4. The second-order valence-electron chi connectivity index (χ2n) is 7.53. The summed E-state index contributed by atoms with van der Waals surface area (Å²) in [4.78, 5) is 12.5. The Bertz CT molecular complexity index is 767. The first-order valence-corrected chi connectivity index (χ1v) is 10.5. The van der Waals surface area contributed by atoms with Crippen LogP contribution in [0, 0.1) is 0 Å². The van der Waals surface area contributed by atoms with Crippen LogP contribution in [0.25, 0.3) is 0 Å². The molecule has 0 unspecified atom stereocenters. The molecule has 2 aromatic rings. The molecule has 2 fully saturated rings. The number of nitrogens with zero attached hydrogens (tertiary/aromatic N) is 3. The molecule has 1 aromatic heterocycles. The number of carbonyl (C=O) groups is 1. The molecule has 1 aromatic carbocycles. The minimum Gasteiger partial charge on any atom is -0.355 e. The van der Waals surface area contributed by atoms with Crippen LogP contribution in [-0.2, 0) is 4.79 Å². The predicted molar refractivity (Wildman–Crippen MR) is 103 cm³/mol. The molecule has 1 N–H and O–H groups in total. The lowest BCUT2D eigenvalue weighted by atomic mass is 10.0. The number of thioether (sulfide) groups is 1. The summed E-state index contributed by atoms with van der Waals surface area (Å²) in [5.41, 5.74) is 1.25. The normalized spacial score (nSPS) is 19.2. The molecule has 0 bridgehead atoms. The lowest BCUT2D eigenvalue weighted by Crippen LogP contribution is -2.33. The van der Waals surface area contributed by atoms with Crippen LogP contribution < -0.4 is 5.32 Å². The van der Waals surface area contributed by atoms with Crippen LogP contribution in [0.1, 0.15) is 68.8 Å². The van der Waals surface area contributed by atoms with E-state index >= 15 is 0 Å². The van der Waals surface area contributed by atoms with Crippen molar-refractivity contribution in [1.29, 1.82) is 0 Å². The molecule has 5 nitrogen and oxygen atoms in total. The second-order valence-corrected chi connectivity index (χ2v) is 8.84. The lowest BCUT2D eigenvalue weighted by Gasteiger charge is -2.16. The van der Waals surface area contributed by atoms with Crippen molar-refractivity contribution in [3.8, 4) is 0 Å². The van der Waals surface area contributed by atoms with Crippen molar-refractivity contribution in [3.63, 3.8) is 0 Å². The molecular formula is C20H26N4OS. The van der Waals surface area contributed by atoms with Crippen molar-refractivity contribution in [3.05, 3.63) is 41.7 Å². The molecule has 1 amide bonds. The van der Waals surface area contributed by atoms with Gasteiger partial charge in [0.15, 0.2) is 5.16 Å². The van der Waals surface area contributed by atoms with Crippen LogP contribution in [0.2, 0.25) is 0 Å². The number of hydrogen-bond acceptors (Lipinski definition) is 4. The number of hydrogen-bond donors (Lipinski definition) is 1. The van der Waals surface area contributed by atoms with Gasteiger partial charge in [-0.05, 0) is 44.1 Å². The van der Waals surface area contributed by atoms with E-state index in [2.05, 4.69) is 39.1 Å². The van der Waals surface area contributed by atoms with Gasteiger partial charge in [-0.2, -0.15) is 0 Å². The van der Waals surface area contributed by atoms with Crippen LogP contribution >= 0.6 is 11.8 Å². The van der Waals surface area contributed by atoms with Crippen LogP contribution in [0.15, 0.2) is 35.5 Å². The number of rotatable bonds is 8. The fraction of sp³-hybridized carbons (Fsp3) is 0.550. The molecule has 0 aliphatic heterocycles. The Balaban J connectivity index is 1.34. The van der Waals surface area contributed by atoms with E-state index in [9.17, 15) is 4.79 Å². The SMILES string of the molecule is C[C@@H](Sc1nnc(C2CC2)n1C1CC1)C(=O)NC[C@H](C)c1ccccc1. The summed E-state index contributed by atoms with van der Waals surface area (Å²) in [5, 5.41) is 12.7. The van der Waals surface area contributed by atoms with Gasteiger partial charge in [0.25, 0.3) is 0 Å². The highest BCUT2D eigenvalue weighted by atomic mass is 32.2. The highest BCUT2D eigenvalue weighted by Crippen LogP contribution is 2.46. The monoisotopic (exact) mass is 370 g/mol. The molecule has 2 aliphatic rings. The van der Waals surface area contributed by atoms with Crippen molar-refractivity contribution in [1.82, 2.24) is 20.1 Å². The first kappa shape index (κ1) is 17.6. The van der Waals surface area contributed by atoms with Crippen LogP contribution in [-0.4, -0.2) is 32.5 Å². The molecule has 2 saturated carbocycles. The standard InChI is InChI=1S/C20H26N4OS/c1-13(15-6-4-3-5-7-15)12-21-19(25)14(2)26-20-23-22-18(16-8-9-16)24(20)17-10-11-17/h3-7,13-14,16-17H,8-12H2,1-2H3,(H,21,25)/t13-,14+/m0/s1. The fourth-order valence-corrected chi connectivity index (χ4v) is 4.12. The topological polar surface area (TPSA) is 59.8 Å². The van der Waals surface area contributed by atoms with Crippen LogP contribution in [0.3, 0.4) is 0 Å². The van der Waals surface area contributed by atoms with E-state index in [0.29, 0.717) is 24.4 Å². The van der Waals surface area contributed by atoms with Crippen molar-refractivity contribution >= 4 is 17.7 Å². The average Bonchev–Trinajstić information content (AvgIpc) is 3.59. The number of amides is 1. The van der Waals surface area contributed by atoms with E-state index in [0.717, 1.165) is 11.0 Å². The number of benzene rings is 1. The molecule has 2 atom stereocenters. The zero-order chi connectivity index (χ0) is 18.1. The maximum atomic E-state index is 12.5. The third-order valence-electron chi connectivity index (χ3n) is 5.15. The predicted octanol–water partition coefficient (Wildman–Crippen LogP) is 3.89. The van der Waals surface area contributed by atoms with Crippen LogP contribution in [0.4, 0.5) is 0 Å². The number of carbonyl (C=O) groups excluding carboxylic acids is 1. The number of nitrogens with one attached hydrogen (secondary N) is 1. The van der Waals surface area contributed by atoms with Gasteiger partial charge in [-0.1, -0.05) is 49.0 Å². The van der Waals surface area contributed by atoms with E-state index in [4.69, 9.17) is 0 Å². The lowest BCUT2D eigenvalue weighted by molar-refractivity contribution is -0.120. The van der Waals surface area contributed by atoms with Gasteiger partial charge in [0, 0.05) is 18.5 Å². The van der Waals surface area contributed by atoms with E-state index in [1.165, 1.54) is 43.0 Å². The molecule has 2 aliphatic carbocycles. The Hall–Kier alpha value is -1.82. The minimum atomic E-state index is -0.174. The van der Waals surface area contributed by atoms with E-state index in [-0.39, 0.29) is 11.2 Å². The molecule has 26 heavy (non-hydrogen) atoms. The van der Waals surface area contributed by atoms with Crippen LogP contribution in [0.5, 0.6) is 0 Å². The highest BCUT2D eigenvalue weighted by molar-refractivity contribution is 8.00. The minimum absolute atomic E-state index is 0.0658. The zero-order valence-corrected chi connectivity index (χ0v) is 16.2.